The van der Waals surface area contributed by atoms with E-state index in [-0.39, 0.29) is 11.5 Å². The predicted octanol–water partition coefficient (Wildman–Crippen LogP) is 6.44. The summed E-state index contributed by atoms with van der Waals surface area (Å²) in [5, 5.41) is 27.8. The van der Waals surface area contributed by atoms with Gasteiger partial charge < -0.3 is 10.2 Å². The lowest BCUT2D eigenvalue weighted by Crippen LogP contribution is -2.40. The van der Waals surface area contributed by atoms with Crippen molar-refractivity contribution in [3.05, 3.63) is 21.9 Å². The third-order valence-corrected chi connectivity index (χ3v) is 8.08. The van der Waals surface area contributed by atoms with Gasteiger partial charge in [-0.2, -0.15) is 5.26 Å². The van der Waals surface area contributed by atoms with Crippen molar-refractivity contribution in [2.45, 2.75) is 97.0 Å². The number of nitriles is 1. The maximum atomic E-state index is 10.4. The first-order chi connectivity index (χ1) is 13.9. The van der Waals surface area contributed by atoms with Gasteiger partial charge in [-0.15, -0.1) is 11.3 Å². The average Bonchev–Trinajstić information content (AvgIpc) is 3.32. The number of hydrogen-bond donors (Lipinski definition) is 2. The summed E-state index contributed by atoms with van der Waals surface area (Å²) in [6.07, 6.45) is 13.6. The van der Waals surface area contributed by atoms with E-state index in [1.807, 2.05) is 6.07 Å². The topological polar surface area (TPSA) is 81.3 Å². The standard InChI is InChI=1S/C16H27NO.C8H10O2S/c1-2-16(9-4-10-16)15(18)6-3-5-13-7-8-14(11-13)12-17;1-2-3-6-4-5-7(11-6)8(9)10/h13-15,18H,2-11H2,1H3;4-5H,2-3H2,1H3,(H,9,10)/t13-,14+,15?;/m0./s1. The van der Waals surface area contributed by atoms with E-state index >= 15 is 0 Å². The van der Waals surface area contributed by atoms with Gasteiger partial charge in [0, 0.05) is 10.8 Å². The molecule has 1 aromatic heterocycles. The number of aliphatic hydroxyl groups excluding tert-OH is 1. The second kappa shape index (κ2) is 11.7. The fraction of sp³-hybridized carbons (Fsp3) is 0.750. The molecule has 2 aliphatic rings. The second-order valence-corrected chi connectivity index (χ2v) is 10.0. The van der Waals surface area contributed by atoms with E-state index in [1.165, 1.54) is 43.4 Å². The number of carboxylic acids is 1. The van der Waals surface area contributed by atoms with Crippen molar-refractivity contribution in [1.29, 1.82) is 5.26 Å². The molecule has 3 atom stereocenters. The normalized spacial score (nSPS) is 23.4. The summed E-state index contributed by atoms with van der Waals surface area (Å²) < 4.78 is 0. The van der Waals surface area contributed by atoms with E-state index in [9.17, 15) is 9.90 Å². The van der Waals surface area contributed by atoms with Crippen LogP contribution in [0.5, 0.6) is 0 Å². The van der Waals surface area contributed by atoms with Gasteiger partial charge in [0.05, 0.1) is 12.2 Å². The Hall–Kier alpha value is -1.38. The first-order valence-corrected chi connectivity index (χ1v) is 12.2. The van der Waals surface area contributed by atoms with Crippen LogP contribution in [0.4, 0.5) is 0 Å². The van der Waals surface area contributed by atoms with Crippen LogP contribution in [-0.2, 0) is 6.42 Å². The van der Waals surface area contributed by atoms with E-state index in [1.54, 1.807) is 6.07 Å². The van der Waals surface area contributed by atoms with E-state index in [2.05, 4.69) is 19.9 Å². The number of aromatic carboxylic acids is 1. The molecule has 29 heavy (non-hydrogen) atoms. The maximum absolute atomic E-state index is 10.4. The summed E-state index contributed by atoms with van der Waals surface area (Å²) in [5.41, 5.74) is 0.269. The molecule has 2 aliphatic carbocycles. The Balaban J connectivity index is 0.000000234. The molecule has 4 nitrogen and oxygen atoms in total. The average molecular weight is 420 g/mol. The molecule has 0 amide bonds. The van der Waals surface area contributed by atoms with Gasteiger partial charge in [0.25, 0.3) is 0 Å². The van der Waals surface area contributed by atoms with Crippen LogP contribution < -0.4 is 0 Å². The molecule has 0 bridgehead atoms. The number of thiophene rings is 1. The summed E-state index contributed by atoms with van der Waals surface area (Å²) >= 11 is 1.37. The maximum Gasteiger partial charge on any atom is 0.345 e. The molecule has 0 radical (unpaired) electrons. The van der Waals surface area contributed by atoms with Crippen LogP contribution >= 0.6 is 11.3 Å². The molecule has 0 aromatic carbocycles. The monoisotopic (exact) mass is 419 g/mol. The number of carboxylic acid groups (broad SMARTS) is 1. The number of carbonyl (C=O) groups is 1. The van der Waals surface area contributed by atoms with Gasteiger partial charge in [-0.1, -0.05) is 39.5 Å². The van der Waals surface area contributed by atoms with Gasteiger partial charge in [0.1, 0.15) is 4.88 Å². The molecular formula is C24H37NO3S. The summed E-state index contributed by atoms with van der Waals surface area (Å²) in [4.78, 5) is 12.0. The van der Waals surface area contributed by atoms with Gasteiger partial charge in [0.2, 0.25) is 0 Å². The fourth-order valence-corrected chi connectivity index (χ4v) is 5.74. The van der Waals surface area contributed by atoms with Crippen molar-refractivity contribution >= 4 is 17.3 Å². The largest absolute Gasteiger partial charge is 0.477 e. The molecule has 1 heterocycles. The van der Waals surface area contributed by atoms with Crippen molar-refractivity contribution in [3.8, 4) is 6.07 Å². The van der Waals surface area contributed by atoms with Gasteiger partial charge in [0.15, 0.2) is 0 Å². The van der Waals surface area contributed by atoms with Crippen LogP contribution in [0.25, 0.3) is 0 Å². The number of aliphatic hydroxyl groups is 1. The Kier molecular flexibility index (Phi) is 9.65. The highest BCUT2D eigenvalue weighted by molar-refractivity contribution is 7.13. The van der Waals surface area contributed by atoms with Gasteiger partial charge in [-0.05, 0) is 74.8 Å². The molecular weight excluding hydrogens is 382 g/mol. The number of rotatable bonds is 9. The van der Waals surface area contributed by atoms with Crippen molar-refractivity contribution < 1.29 is 15.0 Å². The van der Waals surface area contributed by atoms with Gasteiger partial charge in [-0.25, -0.2) is 4.79 Å². The molecule has 3 rings (SSSR count). The Bertz CT molecular complexity index is 668. The molecule has 2 saturated carbocycles. The molecule has 2 N–H and O–H groups in total. The van der Waals surface area contributed by atoms with E-state index in [0.29, 0.717) is 10.8 Å². The van der Waals surface area contributed by atoms with Crippen molar-refractivity contribution in [2.24, 2.45) is 17.3 Å². The Labute approximate surface area is 180 Å². The van der Waals surface area contributed by atoms with E-state index in [0.717, 1.165) is 55.7 Å². The number of aryl methyl sites for hydroxylation is 1. The third kappa shape index (κ3) is 6.83. The SMILES string of the molecule is CCC1(C(O)CCC[C@H]2CC[C@@H](C#N)C2)CCC1.CCCc1ccc(C(=O)O)s1. The lowest BCUT2D eigenvalue weighted by molar-refractivity contribution is -0.0435. The highest BCUT2D eigenvalue weighted by Crippen LogP contribution is 2.48. The smallest absolute Gasteiger partial charge is 0.345 e. The van der Waals surface area contributed by atoms with Crippen LogP contribution in [0.15, 0.2) is 12.1 Å². The van der Waals surface area contributed by atoms with Crippen molar-refractivity contribution in [2.75, 3.05) is 0 Å². The number of nitrogens with zero attached hydrogens (tertiary/aromatic N) is 1. The molecule has 0 spiro atoms. The lowest BCUT2D eigenvalue weighted by atomic mass is 9.62. The molecule has 0 aliphatic heterocycles. The summed E-state index contributed by atoms with van der Waals surface area (Å²) in [5.74, 6) is 0.242. The predicted molar refractivity (Wildman–Crippen MR) is 118 cm³/mol. The minimum absolute atomic E-state index is 0.0792. The van der Waals surface area contributed by atoms with Crippen molar-refractivity contribution in [3.63, 3.8) is 0 Å². The fourth-order valence-electron chi connectivity index (χ4n) is 4.79. The quantitative estimate of drug-likeness (QED) is 0.483. The van der Waals surface area contributed by atoms with Crippen LogP contribution in [0.1, 0.15) is 99.0 Å². The zero-order valence-electron chi connectivity index (χ0n) is 18.0. The minimum atomic E-state index is -0.822. The van der Waals surface area contributed by atoms with E-state index < -0.39 is 5.97 Å². The summed E-state index contributed by atoms with van der Waals surface area (Å²) in [6, 6.07) is 5.95. The highest BCUT2D eigenvalue weighted by atomic mass is 32.1. The third-order valence-electron chi connectivity index (χ3n) is 6.94. The molecule has 162 valence electrons. The minimum Gasteiger partial charge on any atom is -0.477 e. The molecule has 0 saturated heterocycles. The Morgan fingerprint density at radius 1 is 1.34 bits per heavy atom. The second-order valence-electron chi connectivity index (χ2n) is 8.84. The van der Waals surface area contributed by atoms with Crippen LogP contribution in [-0.4, -0.2) is 22.3 Å². The van der Waals surface area contributed by atoms with Crippen LogP contribution in [0, 0.1) is 28.6 Å². The van der Waals surface area contributed by atoms with Crippen LogP contribution in [0.3, 0.4) is 0 Å². The first-order valence-electron chi connectivity index (χ1n) is 11.3. The Morgan fingerprint density at radius 2 is 2.10 bits per heavy atom. The lowest BCUT2D eigenvalue weighted by Gasteiger charge is -2.45. The first kappa shape index (κ1) is 23.9. The zero-order valence-corrected chi connectivity index (χ0v) is 18.8. The zero-order chi connectivity index (χ0) is 21.3. The van der Waals surface area contributed by atoms with Gasteiger partial charge in [-0.3, -0.25) is 0 Å². The Morgan fingerprint density at radius 3 is 2.59 bits per heavy atom. The molecule has 2 fully saturated rings. The summed E-state index contributed by atoms with van der Waals surface area (Å²) in [7, 11) is 0. The van der Waals surface area contributed by atoms with Crippen LogP contribution in [0.2, 0.25) is 0 Å². The molecule has 1 aromatic rings. The van der Waals surface area contributed by atoms with Crippen molar-refractivity contribution in [1.82, 2.24) is 0 Å². The highest BCUT2D eigenvalue weighted by Gasteiger charge is 2.41. The van der Waals surface area contributed by atoms with E-state index in [4.69, 9.17) is 10.4 Å². The summed E-state index contributed by atoms with van der Waals surface area (Å²) in [6.45, 7) is 4.30. The molecule has 1 unspecified atom stereocenters. The number of hydrogen-bond acceptors (Lipinski definition) is 4. The molecule has 5 heteroatoms. The van der Waals surface area contributed by atoms with Gasteiger partial charge >= 0.3 is 5.97 Å².